The summed E-state index contributed by atoms with van der Waals surface area (Å²) in [6.45, 7) is 0.471. The Morgan fingerprint density at radius 3 is 2.76 bits per heavy atom. The van der Waals surface area contributed by atoms with E-state index in [0.29, 0.717) is 24.1 Å². The molecule has 0 atom stereocenters. The van der Waals surface area contributed by atoms with Crippen molar-refractivity contribution in [1.82, 2.24) is 9.55 Å². The smallest absolute Gasteiger partial charge is 0.301 e. The minimum atomic E-state index is 0.471. The van der Waals surface area contributed by atoms with Crippen LogP contribution in [0.5, 0.6) is 17.5 Å². The minimum absolute atomic E-state index is 0.471. The Morgan fingerprint density at radius 1 is 1.35 bits per heavy atom. The molecule has 0 aliphatic carbocycles. The highest BCUT2D eigenvalue weighted by Crippen LogP contribution is 2.31. The third-order valence-corrected chi connectivity index (χ3v) is 2.44. The number of nitrogens with zero attached hydrogens (tertiary/aromatic N) is 2. The average molecular weight is 233 g/mol. The molecule has 0 amide bonds. The van der Waals surface area contributed by atoms with Crippen LogP contribution in [-0.2, 0) is 13.6 Å². The van der Waals surface area contributed by atoms with Crippen molar-refractivity contribution in [3.05, 3.63) is 36.2 Å². The van der Waals surface area contributed by atoms with Crippen LogP contribution < -0.4 is 15.2 Å². The summed E-state index contributed by atoms with van der Waals surface area (Å²) in [5, 5.41) is 0. The van der Waals surface area contributed by atoms with E-state index in [0.717, 1.165) is 5.56 Å². The third-order valence-electron chi connectivity index (χ3n) is 2.44. The first-order valence-corrected chi connectivity index (χ1v) is 5.26. The van der Waals surface area contributed by atoms with E-state index in [1.54, 1.807) is 17.9 Å². The van der Waals surface area contributed by atoms with E-state index in [9.17, 15) is 0 Å². The molecule has 90 valence electrons. The van der Waals surface area contributed by atoms with E-state index in [-0.39, 0.29) is 0 Å². The first-order valence-electron chi connectivity index (χ1n) is 5.26. The molecular formula is C12H15N3O2. The molecule has 0 aliphatic rings. The first kappa shape index (κ1) is 11.5. The molecule has 17 heavy (non-hydrogen) atoms. The zero-order chi connectivity index (χ0) is 12.3. The number of hydrogen-bond acceptors (Lipinski definition) is 4. The molecule has 0 bridgehead atoms. The maximum atomic E-state index is 5.66. The molecule has 1 heterocycles. The molecule has 0 aliphatic heterocycles. The second-order valence-electron chi connectivity index (χ2n) is 3.61. The van der Waals surface area contributed by atoms with E-state index in [1.807, 2.05) is 31.4 Å². The summed E-state index contributed by atoms with van der Waals surface area (Å²) in [6.07, 6.45) is 3.49. The van der Waals surface area contributed by atoms with E-state index < -0.39 is 0 Å². The quantitative estimate of drug-likeness (QED) is 0.872. The molecule has 2 N–H and O–H groups in total. The summed E-state index contributed by atoms with van der Waals surface area (Å²) in [5.41, 5.74) is 6.57. The highest BCUT2D eigenvalue weighted by Gasteiger charge is 2.08. The molecule has 0 saturated carbocycles. The molecule has 5 heteroatoms. The number of aryl methyl sites for hydroxylation is 1. The molecule has 0 radical (unpaired) electrons. The molecule has 0 spiro atoms. The lowest BCUT2D eigenvalue weighted by Crippen LogP contribution is -1.99. The number of nitrogens with two attached hydrogens (primary N) is 1. The fourth-order valence-corrected chi connectivity index (χ4v) is 1.47. The van der Waals surface area contributed by atoms with Gasteiger partial charge >= 0.3 is 6.01 Å². The molecule has 2 rings (SSSR count). The highest BCUT2D eigenvalue weighted by molar-refractivity contribution is 5.44. The van der Waals surface area contributed by atoms with Gasteiger partial charge in [-0.05, 0) is 17.7 Å². The summed E-state index contributed by atoms with van der Waals surface area (Å²) in [7, 11) is 3.46. The van der Waals surface area contributed by atoms with Gasteiger partial charge in [0.2, 0.25) is 0 Å². The lowest BCUT2D eigenvalue weighted by Gasteiger charge is -2.10. The predicted molar refractivity (Wildman–Crippen MR) is 64.2 cm³/mol. The van der Waals surface area contributed by atoms with Crippen molar-refractivity contribution in [1.29, 1.82) is 0 Å². The molecule has 0 fully saturated rings. The number of ether oxygens (including phenoxy) is 2. The maximum Gasteiger partial charge on any atom is 0.301 e. The van der Waals surface area contributed by atoms with Gasteiger partial charge in [0, 0.05) is 26.0 Å². The number of aromatic nitrogens is 2. The summed E-state index contributed by atoms with van der Waals surface area (Å²) in [6, 6.07) is 6.11. The molecule has 1 aromatic heterocycles. The zero-order valence-corrected chi connectivity index (χ0v) is 9.88. The lowest BCUT2D eigenvalue weighted by atomic mass is 10.2. The molecule has 0 saturated heterocycles. The van der Waals surface area contributed by atoms with Crippen molar-refractivity contribution < 1.29 is 9.47 Å². The Kier molecular flexibility index (Phi) is 3.30. The van der Waals surface area contributed by atoms with Gasteiger partial charge in [0.1, 0.15) is 0 Å². The normalized spacial score (nSPS) is 10.3. The number of rotatable bonds is 4. The molecule has 0 unspecified atom stereocenters. The van der Waals surface area contributed by atoms with E-state index >= 15 is 0 Å². The van der Waals surface area contributed by atoms with Crippen molar-refractivity contribution in [2.75, 3.05) is 7.11 Å². The molecule has 2 aromatic rings. The van der Waals surface area contributed by atoms with Crippen LogP contribution >= 0.6 is 0 Å². The molecule has 5 nitrogen and oxygen atoms in total. The zero-order valence-electron chi connectivity index (χ0n) is 9.88. The molecule has 1 aromatic carbocycles. The summed E-state index contributed by atoms with van der Waals surface area (Å²) < 4.78 is 12.7. The van der Waals surface area contributed by atoms with Gasteiger partial charge in [-0.25, -0.2) is 4.98 Å². The van der Waals surface area contributed by atoms with Gasteiger partial charge in [-0.15, -0.1) is 0 Å². The van der Waals surface area contributed by atoms with Gasteiger partial charge in [-0.1, -0.05) is 6.07 Å². The van der Waals surface area contributed by atoms with Crippen molar-refractivity contribution in [3.63, 3.8) is 0 Å². The lowest BCUT2D eigenvalue weighted by molar-refractivity contribution is 0.362. The predicted octanol–water partition coefficient (Wildman–Crippen LogP) is 1.68. The number of benzene rings is 1. The van der Waals surface area contributed by atoms with Gasteiger partial charge < -0.3 is 19.8 Å². The van der Waals surface area contributed by atoms with Gasteiger partial charge in [0.05, 0.1) is 7.11 Å². The van der Waals surface area contributed by atoms with Gasteiger partial charge in [-0.3, -0.25) is 0 Å². The van der Waals surface area contributed by atoms with Crippen LogP contribution in [0.25, 0.3) is 0 Å². The van der Waals surface area contributed by atoms with Crippen LogP contribution in [0.15, 0.2) is 30.6 Å². The van der Waals surface area contributed by atoms with E-state index in [1.165, 1.54) is 0 Å². The van der Waals surface area contributed by atoms with Crippen molar-refractivity contribution in [2.24, 2.45) is 12.8 Å². The monoisotopic (exact) mass is 233 g/mol. The summed E-state index contributed by atoms with van der Waals surface area (Å²) in [4.78, 5) is 4.09. The fourth-order valence-electron chi connectivity index (χ4n) is 1.47. The average Bonchev–Trinajstić information content (AvgIpc) is 2.75. The molecular weight excluding hydrogens is 218 g/mol. The Bertz CT molecular complexity index is 508. The summed E-state index contributed by atoms with van der Waals surface area (Å²) >= 11 is 0. The SMILES string of the molecule is COc1cc(CN)ccc1Oc1nccn1C. The Balaban J connectivity index is 2.29. The van der Waals surface area contributed by atoms with E-state index in [4.69, 9.17) is 15.2 Å². The first-order chi connectivity index (χ1) is 8.24. The van der Waals surface area contributed by atoms with Crippen LogP contribution in [0.3, 0.4) is 0 Å². The van der Waals surface area contributed by atoms with Crippen molar-refractivity contribution in [3.8, 4) is 17.5 Å². The number of methoxy groups -OCH3 is 1. The second kappa shape index (κ2) is 4.88. The second-order valence-corrected chi connectivity index (χ2v) is 3.61. The third kappa shape index (κ3) is 2.39. The van der Waals surface area contributed by atoms with Crippen LogP contribution in [0.2, 0.25) is 0 Å². The van der Waals surface area contributed by atoms with Crippen LogP contribution in [0.4, 0.5) is 0 Å². The maximum absolute atomic E-state index is 5.66. The number of imidazole rings is 1. The van der Waals surface area contributed by atoms with Crippen molar-refractivity contribution >= 4 is 0 Å². The van der Waals surface area contributed by atoms with Gasteiger partial charge in [-0.2, -0.15) is 0 Å². The largest absolute Gasteiger partial charge is 0.493 e. The van der Waals surface area contributed by atoms with Crippen LogP contribution in [0.1, 0.15) is 5.56 Å². The van der Waals surface area contributed by atoms with Crippen molar-refractivity contribution in [2.45, 2.75) is 6.54 Å². The Hall–Kier alpha value is -2.01. The van der Waals surface area contributed by atoms with Gasteiger partial charge in [0.25, 0.3) is 0 Å². The fraction of sp³-hybridized carbons (Fsp3) is 0.250. The Morgan fingerprint density at radius 2 is 2.18 bits per heavy atom. The van der Waals surface area contributed by atoms with Crippen LogP contribution in [-0.4, -0.2) is 16.7 Å². The minimum Gasteiger partial charge on any atom is -0.493 e. The van der Waals surface area contributed by atoms with E-state index in [2.05, 4.69) is 4.98 Å². The standard InChI is InChI=1S/C12H15N3O2/c1-15-6-5-14-12(15)17-10-4-3-9(8-13)7-11(10)16-2/h3-7H,8,13H2,1-2H3. The highest BCUT2D eigenvalue weighted by atomic mass is 16.5. The number of hydrogen-bond donors (Lipinski definition) is 1. The van der Waals surface area contributed by atoms with Gasteiger partial charge in [0.15, 0.2) is 11.5 Å². The Labute approximate surface area is 99.8 Å². The van der Waals surface area contributed by atoms with Crippen LogP contribution in [0, 0.1) is 0 Å². The topological polar surface area (TPSA) is 62.3 Å². The summed E-state index contributed by atoms with van der Waals surface area (Å²) in [5.74, 6) is 1.27.